The van der Waals surface area contributed by atoms with Crippen molar-refractivity contribution in [2.45, 2.75) is 13.8 Å². The van der Waals surface area contributed by atoms with Gasteiger partial charge in [-0.3, -0.25) is 4.79 Å². The normalized spacial score (nSPS) is 11.4. The number of benzene rings is 3. The average molecular weight is 426 g/mol. The van der Waals surface area contributed by atoms with Gasteiger partial charge < -0.3 is 9.88 Å². The summed E-state index contributed by atoms with van der Waals surface area (Å²) in [5.74, 6) is -0.472. The molecule has 0 aliphatic rings. The summed E-state index contributed by atoms with van der Waals surface area (Å²) in [7, 11) is 0. The smallest absolute Gasteiger partial charge is 0.266 e. The van der Waals surface area contributed by atoms with Crippen LogP contribution in [0.3, 0.4) is 0 Å². The molecule has 0 spiro atoms. The third-order valence-corrected chi connectivity index (χ3v) is 5.44. The zero-order valence-electron chi connectivity index (χ0n) is 17.2. The van der Waals surface area contributed by atoms with Gasteiger partial charge in [-0.2, -0.15) is 5.26 Å². The van der Waals surface area contributed by atoms with Crippen LogP contribution < -0.4 is 5.32 Å². The minimum Gasteiger partial charge on any atom is -0.321 e. The summed E-state index contributed by atoms with van der Waals surface area (Å²) in [6.07, 6.45) is 1.62. The Balaban J connectivity index is 1.68. The fourth-order valence-electron chi connectivity index (χ4n) is 3.72. The van der Waals surface area contributed by atoms with Gasteiger partial charge in [0.1, 0.15) is 11.6 Å². The second-order valence-corrected chi connectivity index (χ2v) is 7.76. The lowest BCUT2D eigenvalue weighted by molar-refractivity contribution is -0.112. The van der Waals surface area contributed by atoms with Crippen LogP contribution in [0.1, 0.15) is 17.0 Å². The molecule has 1 aromatic heterocycles. The molecular weight excluding hydrogens is 406 g/mol. The van der Waals surface area contributed by atoms with Crippen molar-refractivity contribution in [1.29, 1.82) is 5.26 Å². The highest BCUT2D eigenvalue weighted by Crippen LogP contribution is 2.26. The summed E-state index contributed by atoms with van der Waals surface area (Å²) in [4.78, 5) is 12.6. The number of hydrogen-bond donors (Lipinski definition) is 1. The summed E-state index contributed by atoms with van der Waals surface area (Å²) in [6.45, 7) is 4.00. The van der Waals surface area contributed by atoms with E-state index in [-0.39, 0.29) is 5.57 Å². The third-order valence-electron chi connectivity index (χ3n) is 5.21. The van der Waals surface area contributed by atoms with Crippen LogP contribution in [0.4, 0.5) is 5.69 Å². The molecule has 0 saturated heterocycles. The van der Waals surface area contributed by atoms with E-state index in [1.54, 1.807) is 30.3 Å². The molecule has 0 aliphatic carbocycles. The van der Waals surface area contributed by atoms with Gasteiger partial charge in [0.05, 0.1) is 0 Å². The Morgan fingerprint density at radius 2 is 1.77 bits per heavy atom. The molecule has 31 heavy (non-hydrogen) atoms. The molecule has 1 heterocycles. The molecule has 0 unspecified atom stereocenters. The SMILES string of the molecule is Cc1cc(/C=C(\C#N)C(=O)Nc2cccc(Cl)c2)c(C)n1-c1ccc2ccccc2c1. The first-order valence-electron chi connectivity index (χ1n) is 9.83. The Kier molecular flexibility index (Phi) is 5.62. The predicted molar refractivity (Wildman–Crippen MR) is 126 cm³/mol. The molecule has 0 saturated carbocycles. The predicted octanol–water partition coefficient (Wildman–Crippen LogP) is 6.45. The van der Waals surface area contributed by atoms with Crippen molar-refractivity contribution in [3.05, 3.63) is 100 Å². The second-order valence-electron chi connectivity index (χ2n) is 7.33. The van der Waals surface area contributed by atoms with Crippen LogP contribution in [0.25, 0.3) is 22.5 Å². The van der Waals surface area contributed by atoms with Crippen molar-refractivity contribution in [1.82, 2.24) is 4.57 Å². The Labute approximate surface area is 186 Å². The number of nitrogens with zero attached hydrogens (tertiary/aromatic N) is 2. The number of aromatic nitrogens is 1. The van der Waals surface area contributed by atoms with Gasteiger partial charge >= 0.3 is 0 Å². The van der Waals surface area contributed by atoms with E-state index in [9.17, 15) is 10.1 Å². The molecule has 152 valence electrons. The van der Waals surface area contributed by atoms with Crippen LogP contribution >= 0.6 is 11.6 Å². The Bertz CT molecular complexity index is 1380. The Hall–Kier alpha value is -3.81. The van der Waals surface area contributed by atoms with Gasteiger partial charge in [-0.05, 0) is 72.7 Å². The number of anilines is 1. The lowest BCUT2D eigenvalue weighted by atomic mass is 10.1. The number of halogens is 1. The van der Waals surface area contributed by atoms with Crippen LogP contribution in [0.5, 0.6) is 0 Å². The number of carbonyl (C=O) groups excluding carboxylic acids is 1. The van der Waals surface area contributed by atoms with Crippen LogP contribution in [-0.2, 0) is 4.79 Å². The third kappa shape index (κ3) is 4.23. The van der Waals surface area contributed by atoms with Crippen molar-refractivity contribution in [3.63, 3.8) is 0 Å². The van der Waals surface area contributed by atoms with Gasteiger partial charge in [-0.1, -0.05) is 48.0 Å². The molecular formula is C26H20ClN3O. The maximum Gasteiger partial charge on any atom is 0.266 e. The fraction of sp³-hybridized carbons (Fsp3) is 0.0769. The van der Waals surface area contributed by atoms with Gasteiger partial charge in [-0.25, -0.2) is 0 Å². The molecule has 0 aliphatic heterocycles. The van der Waals surface area contributed by atoms with E-state index in [1.165, 1.54) is 5.39 Å². The van der Waals surface area contributed by atoms with Gasteiger partial charge in [0.15, 0.2) is 0 Å². The van der Waals surface area contributed by atoms with Crippen LogP contribution in [0, 0.1) is 25.2 Å². The molecule has 1 N–H and O–H groups in total. The zero-order valence-corrected chi connectivity index (χ0v) is 17.9. The molecule has 5 heteroatoms. The minimum absolute atomic E-state index is 0.0266. The zero-order chi connectivity index (χ0) is 22.0. The maximum absolute atomic E-state index is 12.6. The Morgan fingerprint density at radius 1 is 1.00 bits per heavy atom. The van der Waals surface area contributed by atoms with E-state index in [2.05, 4.69) is 40.2 Å². The molecule has 1 amide bonds. The highest BCUT2D eigenvalue weighted by molar-refractivity contribution is 6.31. The molecule has 3 aromatic carbocycles. The maximum atomic E-state index is 12.6. The first kappa shape index (κ1) is 20.5. The second kappa shape index (κ2) is 8.51. The standard InChI is InChI=1S/C26H20ClN3O/c1-17-12-21(13-22(16-28)26(31)29-24-9-5-8-23(27)15-24)18(2)30(17)25-11-10-19-6-3-4-7-20(19)14-25/h3-15H,1-2H3,(H,29,31)/b22-13+. The van der Waals surface area contributed by atoms with E-state index < -0.39 is 5.91 Å². The summed E-state index contributed by atoms with van der Waals surface area (Å²) in [5, 5.41) is 15.2. The van der Waals surface area contributed by atoms with E-state index in [4.69, 9.17) is 11.6 Å². The Morgan fingerprint density at radius 3 is 2.52 bits per heavy atom. The topological polar surface area (TPSA) is 57.8 Å². The van der Waals surface area contributed by atoms with E-state index in [0.717, 1.165) is 28.0 Å². The number of carbonyl (C=O) groups is 1. The molecule has 4 rings (SSSR count). The van der Waals surface area contributed by atoms with E-state index >= 15 is 0 Å². The first-order valence-corrected chi connectivity index (χ1v) is 10.2. The molecule has 0 atom stereocenters. The summed E-state index contributed by atoms with van der Waals surface area (Å²) in [5.41, 5.74) is 4.40. The summed E-state index contributed by atoms with van der Waals surface area (Å²) < 4.78 is 2.13. The number of amides is 1. The van der Waals surface area contributed by atoms with Crippen LogP contribution in [0.15, 0.2) is 78.4 Å². The minimum atomic E-state index is -0.472. The monoisotopic (exact) mass is 425 g/mol. The molecule has 0 bridgehead atoms. The molecule has 4 nitrogen and oxygen atoms in total. The molecule has 0 radical (unpaired) electrons. The number of nitriles is 1. The van der Waals surface area contributed by atoms with Gasteiger partial charge in [-0.15, -0.1) is 0 Å². The highest BCUT2D eigenvalue weighted by atomic mass is 35.5. The highest BCUT2D eigenvalue weighted by Gasteiger charge is 2.14. The first-order chi connectivity index (χ1) is 15.0. The fourth-order valence-corrected chi connectivity index (χ4v) is 3.91. The largest absolute Gasteiger partial charge is 0.321 e. The van der Waals surface area contributed by atoms with Gasteiger partial charge in [0.25, 0.3) is 5.91 Å². The van der Waals surface area contributed by atoms with Crippen LogP contribution in [-0.4, -0.2) is 10.5 Å². The van der Waals surface area contributed by atoms with E-state index in [1.807, 2.05) is 38.1 Å². The van der Waals surface area contributed by atoms with Gasteiger partial charge in [0.2, 0.25) is 0 Å². The number of rotatable bonds is 4. The molecule has 4 aromatic rings. The summed E-state index contributed by atoms with van der Waals surface area (Å²) >= 11 is 5.97. The average Bonchev–Trinajstić information content (AvgIpc) is 3.04. The van der Waals surface area contributed by atoms with Crippen molar-refractivity contribution < 1.29 is 4.79 Å². The van der Waals surface area contributed by atoms with Crippen molar-refractivity contribution >= 4 is 40.0 Å². The molecule has 0 fully saturated rings. The number of nitrogens with one attached hydrogen (secondary N) is 1. The number of hydrogen-bond acceptors (Lipinski definition) is 2. The van der Waals surface area contributed by atoms with Gasteiger partial charge in [0, 0.05) is 27.8 Å². The number of fused-ring (bicyclic) bond motifs is 1. The van der Waals surface area contributed by atoms with E-state index in [0.29, 0.717) is 10.7 Å². The number of aryl methyl sites for hydroxylation is 1. The summed E-state index contributed by atoms with van der Waals surface area (Å²) in [6, 6.07) is 25.3. The lowest BCUT2D eigenvalue weighted by Crippen LogP contribution is -2.13. The quantitative estimate of drug-likeness (QED) is 0.302. The van der Waals surface area contributed by atoms with Crippen molar-refractivity contribution in [3.8, 4) is 11.8 Å². The van der Waals surface area contributed by atoms with Crippen molar-refractivity contribution in [2.75, 3.05) is 5.32 Å². The lowest BCUT2D eigenvalue weighted by Gasteiger charge is -2.11. The van der Waals surface area contributed by atoms with Crippen molar-refractivity contribution in [2.24, 2.45) is 0 Å². The van der Waals surface area contributed by atoms with Crippen LogP contribution in [0.2, 0.25) is 5.02 Å².